The molecule has 21 heavy (non-hydrogen) atoms. The Kier molecular flexibility index (Phi) is 8.92. The maximum Gasteiger partial charge on any atom is 0.0637 e. The molecular formula is C16H27BrN2O2. The molecule has 1 aromatic rings. The number of hydrogen-bond donors (Lipinski definition) is 1. The summed E-state index contributed by atoms with van der Waals surface area (Å²) in [6.07, 6.45) is 0. The number of methoxy groups -OCH3 is 2. The highest BCUT2D eigenvalue weighted by atomic mass is 79.9. The van der Waals surface area contributed by atoms with Gasteiger partial charge in [0.1, 0.15) is 0 Å². The molecule has 1 N–H and O–H groups in total. The highest BCUT2D eigenvalue weighted by Gasteiger charge is 2.10. The number of rotatable bonds is 10. The van der Waals surface area contributed by atoms with Gasteiger partial charge in [-0.15, -0.1) is 0 Å². The van der Waals surface area contributed by atoms with E-state index in [9.17, 15) is 0 Å². The van der Waals surface area contributed by atoms with Gasteiger partial charge in [-0.2, -0.15) is 0 Å². The Morgan fingerprint density at radius 2 is 1.76 bits per heavy atom. The van der Waals surface area contributed by atoms with E-state index in [2.05, 4.69) is 58.2 Å². The van der Waals surface area contributed by atoms with Crippen molar-refractivity contribution in [2.45, 2.75) is 26.4 Å². The molecule has 0 saturated heterocycles. The lowest BCUT2D eigenvalue weighted by atomic mass is 10.2. The van der Waals surface area contributed by atoms with Crippen LogP contribution in [-0.2, 0) is 16.0 Å². The summed E-state index contributed by atoms with van der Waals surface area (Å²) in [6, 6.07) is 7.00. The Hall–Kier alpha value is -0.620. The zero-order valence-electron chi connectivity index (χ0n) is 13.5. The third-order valence-electron chi connectivity index (χ3n) is 3.20. The molecule has 0 amide bonds. The van der Waals surface area contributed by atoms with Gasteiger partial charge in [-0.1, -0.05) is 19.9 Å². The van der Waals surface area contributed by atoms with Crippen LogP contribution in [0.25, 0.3) is 0 Å². The van der Waals surface area contributed by atoms with E-state index >= 15 is 0 Å². The number of anilines is 1. The SMILES string of the molecule is COCCN(CCOC)c1ccc(CNC(C)C)cc1Br. The molecule has 0 aliphatic carbocycles. The van der Waals surface area contributed by atoms with Crippen molar-refractivity contribution in [3.05, 3.63) is 28.2 Å². The summed E-state index contributed by atoms with van der Waals surface area (Å²) in [4.78, 5) is 2.27. The Labute approximate surface area is 136 Å². The van der Waals surface area contributed by atoms with Crippen LogP contribution in [0.2, 0.25) is 0 Å². The molecule has 1 aromatic carbocycles. The first-order chi connectivity index (χ1) is 10.1. The Morgan fingerprint density at radius 3 is 2.24 bits per heavy atom. The molecule has 4 nitrogen and oxygen atoms in total. The summed E-state index contributed by atoms with van der Waals surface area (Å²) in [5.74, 6) is 0. The van der Waals surface area contributed by atoms with Crippen molar-refractivity contribution >= 4 is 21.6 Å². The van der Waals surface area contributed by atoms with E-state index in [1.807, 2.05) is 0 Å². The van der Waals surface area contributed by atoms with Crippen molar-refractivity contribution in [1.82, 2.24) is 5.32 Å². The standard InChI is InChI=1S/C16H27BrN2O2/c1-13(2)18-12-14-5-6-16(15(17)11-14)19(7-9-20-3)8-10-21-4/h5-6,11,13,18H,7-10,12H2,1-4H3. The fourth-order valence-electron chi connectivity index (χ4n) is 1.99. The Bertz CT molecular complexity index is 405. The fraction of sp³-hybridized carbons (Fsp3) is 0.625. The van der Waals surface area contributed by atoms with Crippen molar-refractivity contribution in [2.75, 3.05) is 45.4 Å². The van der Waals surface area contributed by atoms with Gasteiger partial charge in [0, 0.05) is 44.4 Å². The minimum atomic E-state index is 0.489. The summed E-state index contributed by atoms with van der Waals surface area (Å²) in [5, 5.41) is 3.43. The second-order valence-electron chi connectivity index (χ2n) is 5.29. The predicted molar refractivity (Wildman–Crippen MR) is 92.1 cm³/mol. The molecule has 0 heterocycles. The van der Waals surface area contributed by atoms with Gasteiger partial charge in [-0.3, -0.25) is 0 Å². The third-order valence-corrected chi connectivity index (χ3v) is 3.83. The molecule has 0 aliphatic heterocycles. The van der Waals surface area contributed by atoms with Gasteiger partial charge in [0.05, 0.1) is 18.9 Å². The fourth-order valence-corrected chi connectivity index (χ4v) is 2.67. The third kappa shape index (κ3) is 6.78. The van der Waals surface area contributed by atoms with Gasteiger partial charge in [0.2, 0.25) is 0 Å². The molecule has 0 saturated carbocycles. The highest BCUT2D eigenvalue weighted by molar-refractivity contribution is 9.10. The smallest absolute Gasteiger partial charge is 0.0637 e. The van der Waals surface area contributed by atoms with E-state index < -0.39 is 0 Å². The zero-order valence-corrected chi connectivity index (χ0v) is 15.1. The van der Waals surface area contributed by atoms with Crippen LogP contribution in [0.15, 0.2) is 22.7 Å². The summed E-state index contributed by atoms with van der Waals surface area (Å²) in [6.45, 7) is 8.29. The quantitative estimate of drug-likeness (QED) is 0.696. The lowest BCUT2D eigenvalue weighted by molar-refractivity contribution is 0.190. The van der Waals surface area contributed by atoms with Gasteiger partial charge >= 0.3 is 0 Å². The topological polar surface area (TPSA) is 33.7 Å². The highest BCUT2D eigenvalue weighted by Crippen LogP contribution is 2.27. The van der Waals surface area contributed by atoms with Crippen LogP contribution in [0.5, 0.6) is 0 Å². The molecular weight excluding hydrogens is 332 g/mol. The summed E-state index contributed by atoms with van der Waals surface area (Å²) >= 11 is 3.69. The molecule has 0 fully saturated rings. The Morgan fingerprint density at radius 1 is 1.14 bits per heavy atom. The van der Waals surface area contributed by atoms with Crippen LogP contribution in [0, 0.1) is 0 Å². The minimum absolute atomic E-state index is 0.489. The second-order valence-corrected chi connectivity index (χ2v) is 6.15. The zero-order chi connectivity index (χ0) is 15.7. The van der Waals surface area contributed by atoms with Crippen molar-refractivity contribution in [3.8, 4) is 0 Å². The van der Waals surface area contributed by atoms with Crippen LogP contribution >= 0.6 is 15.9 Å². The molecule has 0 spiro atoms. The summed E-state index contributed by atoms with van der Waals surface area (Å²) < 4.78 is 11.5. The van der Waals surface area contributed by atoms with E-state index in [1.54, 1.807) is 14.2 Å². The van der Waals surface area contributed by atoms with Crippen molar-refractivity contribution in [2.24, 2.45) is 0 Å². The average molecular weight is 359 g/mol. The largest absolute Gasteiger partial charge is 0.383 e. The Balaban J connectivity index is 2.77. The number of benzene rings is 1. The molecule has 1 rings (SSSR count). The van der Waals surface area contributed by atoms with Gasteiger partial charge < -0.3 is 19.7 Å². The predicted octanol–water partition coefficient (Wildman–Crippen LogP) is 3.05. The lowest BCUT2D eigenvalue weighted by Crippen LogP contribution is -2.31. The molecule has 5 heteroatoms. The van der Waals surface area contributed by atoms with Gasteiger partial charge in [0.25, 0.3) is 0 Å². The number of halogens is 1. The molecule has 120 valence electrons. The van der Waals surface area contributed by atoms with Crippen LogP contribution in [0.3, 0.4) is 0 Å². The van der Waals surface area contributed by atoms with Crippen LogP contribution in [0.4, 0.5) is 5.69 Å². The van der Waals surface area contributed by atoms with E-state index in [4.69, 9.17) is 9.47 Å². The number of nitrogens with zero attached hydrogens (tertiary/aromatic N) is 1. The number of nitrogens with one attached hydrogen (secondary N) is 1. The molecule has 0 radical (unpaired) electrons. The van der Waals surface area contributed by atoms with Crippen molar-refractivity contribution < 1.29 is 9.47 Å². The number of hydrogen-bond acceptors (Lipinski definition) is 4. The minimum Gasteiger partial charge on any atom is -0.383 e. The summed E-state index contributed by atoms with van der Waals surface area (Å²) in [5.41, 5.74) is 2.45. The van der Waals surface area contributed by atoms with E-state index in [-0.39, 0.29) is 0 Å². The van der Waals surface area contributed by atoms with Crippen molar-refractivity contribution in [1.29, 1.82) is 0 Å². The van der Waals surface area contributed by atoms with E-state index in [0.29, 0.717) is 19.3 Å². The molecule has 0 atom stereocenters. The molecule has 0 bridgehead atoms. The second kappa shape index (κ2) is 10.2. The first-order valence-corrected chi connectivity index (χ1v) is 8.12. The lowest BCUT2D eigenvalue weighted by Gasteiger charge is -2.25. The maximum atomic E-state index is 5.19. The van der Waals surface area contributed by atoms with Crippen LogP contribution < -0.4 is 10.2 Å². The van der Waals surface area contributed by atoms with E-state index in [1.165, 1.54) is 11.3 Å². The van der Waals surface area contributed by atoms with Crippen LogP contribution in [-0.4, -0.2) is 46.6 Å². The van der Waals surface area contributed by atoms with Gasteiger partial charge in [0.15, 0.2) is 0 Å². The van der Waals surface area contributed by atoms with Gasteiger partial charge in [-0.25, -0.2) is 0 Å². The normalized spacial score (nSPS) is 11.1. The number of ether oxygens (including phenoxy) is 2. The first kappa shape index (κ1) is 18.4. The maximum absolute atomic E-state index is 5.19. The van der Waals surface area contributed by atoms with Crippen LogP contribution in [0.1, 0.15) is 19.4 Å². The molecule has 0 aromatic heterocycles. The molecule has 0 unspecified atom stereocenters. The monoisotopic (exact) mass is 358 g/mol. The van der Waals surface area contributed by atoms with Crippen molar-refractivity contribution in [3.63, 3.8) is 0 Å². The first-order valence-electron chi connectivity index (χ1n) is 7.33. The van der Waals surface area contributed by atoms with Gasteiger partial charge in [-0.05, 0) is 33.6 Å². The molecule has 0 aliphatic rings. The van der Waals surface area contributed by atoms with E-state index in [0.717, 1.165) is 24.1 Å². The average Bonchev–Trinajstić information content (AvgIpc) is 2.46. The summed E-state index contributed by atoms with van der Waals surface area (Å²) in [7, 11) is 3.45.